The molecule has 0 aromatic carbocycles. The molecule has 3 saturated carbocycles. The minimum Gasteiger partial charge on any atom is -0.726 e. The Bertz CT molecular complexity index is 2630. The molecular weight excluding hydrogens is 1260 g/mol. The summed E-state index contributed by atoms with van der Waals surface area (Å²) in [6.45, 7) is 17.2. The van der Waals surface area contributed by atoms with Gasteiger partial charge in [0.05, 0.1) is 54.9 Å². The maximum atomic E-state index is 12.7. The summed E-state index contributed by atoms with van der Waals surface area (Å²) in [5.41, 5.74) is -0.697. The number of fused-ring (bicyclic) bond motifs is 5. The summed E-state index contributed by atoms with van der Waals surface area (Å²) in [4.78, 5) is 0. The van der Waals surface area contributed by atoms with Gasteiger partial charge < -0.3 is 133 Å². The average molecular weight is 1360 g/mol. The van der Waals surface area contributed by atoms with Crippen LogP contribution in [-0.4, -0.2) is 287 Å². The number of ether oxygens (including phenoxy) is 12. The van der Waals surface area contributed by atoms with Crippen molar-refractivity contribution in [2.75, 3.05) is 6.61 Å². The van der Waals surface area contributed by atoms with Gasteiger partial charge in [-0.25, -0.2) is 8.42 Å². The van der Waals surface area contributed by atoms with E-state index in [-0.39, 0.29) is 36.0 Å². The minimum absolute atomic E-state index is 0.0251. The molecule has 31 heteroatoms. The molecule has 6 heterocycles. The number of aliphatic hydroxyl groups is 14. The molecule has 0 amide bonds. The van der Waals surface area contributed by atoms with E-state index in [4.69, 9.17) is 61.0 Å². The molecule has 6 saturated heterocycles. The molecule has 0 aromatic heterocycles. The molecule has 38 atom stereocenters. The van der Waals surface area contributed by atoms with Gasteiger partial charge in [0.1, 0.15) is 110 Å². The van der Waals surface area contributed by atoms with Crippen LogP contribution < -0.4 is 0 Å². The van der Waals surface area contributed by atoms with Crippen molar-refractivity contribution in [3.63, 3.8) is 0 Å². The number of rotatable bonds is 19. The second-order valence-corrected chi connectivity index (χ2v) is 30.4. The maximum Gasteiger partial charge on any atom is 0.217 e. The summed E-state index contributed by atoms with van der Waals surface area (Å²) in [5.74, 6) is -0.0496. The number of aliphatic hydroxyl groups excluding tert-OH is 13. The quantitative estimate of drug-likeness (QED) is 0.0367. The van der Waals surface area contributed by atoms with E-state index in [0.717, 1.165) is 25.7 Å². The molecule has 0 aromatic rings. The summed E-state index contributed by atoms with van der Waals surface area (Å²) < 4.78 is 116. The third-order valence-corrected chi connectivity index (χ3v) is 23.1. The number of hydrogen-bond acceptors (Lipinski definition) is 30. The Labute approximate surface area is 542 Å². The van der Waals surface area contributed by atoms with Gasteiger partial charge in [0.15, 0.2) is 37.7 Å². The molecule has 0 spiro atoms. The number of hydrogen-bond donors (Lipinski definition) is 14. The summed E-state index contributed by atoms with van der Waals surface area (Å²) in [6, 6.07) is 0. The van der Waals surface area contributed by atoms with E-state index < -0.39 is 224 Å². The van der Waals surface area contributed by atoms with E-state index >= 15 is 0 Å². The van der Waals surface area contributed by atoms with Gasteiger partial charge in [-0.1, -0.05) is 52.2 Å². The Morgan fingerprint density at radius 3 is 1.58 bits per heavy atom. The van der Waals surface area contributed by atoms with Crippen molar-refractivity contribution >= 4 is 10.4 Å². The highest BCUT2D eigenvalue weighted by molar-refractivity contribution is 7.80. The van der Waals surface area contributed by atoms with Crippen molar-refractivity contribution < 1.29 is 145 Å². The van der Waals surface area contributed by atoms with Crippen molar-refractivity contribution in [1.29, 1.82) is 0 Å². The molecule has 4 aliphatic carbocycles. The summed E-state index contributed by atoms with van der Waals surface area (Å²) in [6.07, 6.45) is -42.4. The predicted octanol–water partition coefficient (Wildman–Crippen LogP) is -2.32. The first kappa shape index (κ1) is 74.3. The second-order valence-electron chi connectivity index (χ2n) is 29.4. The van der Waals surface area contributed by atoms with Crippen molar-refractivity contribution in [2.24, 2.45) is 40.4 Å². The molecule has 10 rings (SSSR count). The van der Waals surface area contributed by atoms with Gasteiger partial charge in [-0.15, -0.1) is 0 Å². The Balaban J connectivity index is 0.927. The van der Waals surface area contributed by atoms with Crippen molar-refractivity contribution in [3.8, 4) is 0 Å². The summed E-state index contributed by atoms with van der Waals surface area (Å²) in [7, 11) is -5.13. The van der Waals surface area contributed by atoms with Crippen LogP contribution in [-0.2, 0) is 71.4 Å². The van der Waals surface area contributed by atoms with Crippen LogP contribution in [0, 0.1) is 40.4 Å². The van der Waals surface area contributed by atoms with Crippen LogP contribution in [0.25, 0.3) is 0 Å². The van der Waals surface area contributed by atoms with Crippen LogP contribution in [0.1, 0.15) is 133 Å². The van der Waals surface area contributed by atoms with Crippen molar-refractivity contribution in [1.82, 2.24) is 0 Å². The fourth-order valence-corrected chi connectivity index (χ4v) is 17.7. The minimum atomic E-state index is -5.13. The van der Waals surface area contributed by atoms with Crippen molar-refractivity contribution in [3.05, 3.63) is 11.6 Å². The largest absolute Gasteiger partial charge is 0.726 e. The molecule has 0 bridgehead atoms. The zero-order valence-corrected chi connectivity index (χ0v) is 55.2. The molecule has 6 aliphatic heterocycles. The highest BCUT2D eigenvalue weighted by atomic mass is 32.3. The normalized spacial score (nSPS) is 52.9. The molecule has 9 fully saturated rings. The van der Waals surface area contributed by atoms with Gasteiger partial charge in [0.25, 0.3) is 0 Å². The lowest BCUT2D eigenvalue weighted by Gasteiger charge is -2.60. The highest BCUT2D eigenvalue weighted by Gasteiger charge is 2.64. The first-order valence-corrected chi connectivity index (χ1v) is 34.5. The van der Waals surface area contributed by atoms with E-state index in [2.05, 4.69) is 33.8 Å². The lowest BCUT2D eigenvalue weighted by molar-refractivity contribution is -0.410. The van der Waals surface area contributed by atoms with E-state index in [1.165, 1.54) is 40.2 Å². The van der Waals surface area contributed by atoms with Crippen LogP contribution in [0.5, 0.6) is 0 Å². The Morgan fingerprint density at radius 2 is 1.04 bits per heavy atom. The molecule has 538 valence electrons. The Kier molecular flexibility index (Phi) is 23.1. The smallest absolute Gasteiger partial charge is 0.217 e. The Morgan fingerprint density at radius 1 is 0.559 bits per heavy atom. The molecule has 10 aliphatic rings. The molecule has 93 heavy (non-hydrogen) atoms. The predicted molar refractivity (Wildman–Crippen MR) is 313 cm³/mol. The first-order valence-electron chi connectivity index (χ1n) is 33.2. The third kappa shape index (κ3) is 14.9. The third-order valence-electron chi connectivity index (χ3n) is 22.6. The van der Waals surface area contributed by atoms with E-state index in [0.29, 0.717) is 31.6 Å². The van der Waals surface area contributed by atoms with E-state index in [1.807, 2.05) is 6.92 Å². The lowest BCUT2D eigenvalue weighted by atomic mass is 9.47. The summed E-state index contributed by atoms with van der Waals surface area (Å²) in [5, 5.41) is 158. The fourth-order valence-electron chi connectivity index (χ4n) is 17.2. The van der Waals surface area contributed by atoms with Gasteiger partial charge in [0.2, 0.25) is 10.4 Å². The topological polar surface area (TPSA) is 460 Å². The van der Waals surface area contributed by atoms with Gasteiger partial charge in [0, 0.05) is 0 Å². The lowest BCUT2D eigenvalue weighted by Crippen LogP contribution is -2.68. The highest BCUT2D eigenvalue weighted by Crippen LogP contribution is 2.67. The van der Waals surface area contributed by atoms with Gasteiger partial charge in [-0.05, 0) is 133 Å². The monoisotopic (exact) mass is 1360 g/mol. The first-order chi connectivity index (χ1) is 43.5. The van der Waals surface area contributed by atoms with Crippen LogP contribution in [0.4, 0.5) is 0 Å². The van der Waals surface area contributed by atoms with Gasteiger partial charge in [-0.2, -0.15) is 0 Å². The van der Waals surface area contributed by atoms with Gasteiger partial charge >= 0.3 is 0 Å². The Hall–Kier alpha value is -1.43. The zero-order valence-electron chi connectivity index (χ0n) is 54.3. The average Bonchev–Trinajstić information content (AvgIpc) is 1.68. The van der Waals surface area contributed by atoms with Crippen molar-refractivity contribution in [2.45, 2.75) is 329 Å². The molecule has 30 nitrogen and oxygen atoms in total. The van der Waals surface area contributed by atoms with E-state index in [9.17, 15) is 84.5 Å². The molecular formula is C62H103O30S-. The molecule has 0 unspecified atom stereocenters. The van der Waals surface area contributed by atoms with Crippen LogP contribution >= 0.6 is 0 Å². The standard InChI is InChI=1S/C62H104O30S/c1-23(2)12-11-17-62(10,76)36-14-13-31-30-21-35(33-20-29(92-93(77,78)79)15-18-60(33,8)32(30)16-19-61(31,36)9)86-57-48(75)51(39(66)26(5)83-57)89-59-53(91-56-45(72)42(69)38(65)25(4)82-56)47(74)50(28(7)85-59)88-58-52(90-55-44(71)41(68)37(64)24(3)81-55)46(73)49(27(6)84-58)87-54-43(70)40(67)34(63)22-80-54/h16,23-31,33-59,63-76H,11-15,17-22H2,1-10H3,(H,77,78,79)/p-1/t24-,25-,26-,27-,28-,29+,30+,31+,33-,34+,35+,36+,37+,38-,39-,40+,41+,42+,43-,44-,45-,46+,47+,48-,49-,50-,51+,52-,53-,54+,55+,56+,57+,58+,59+,60-,61+,62-/m1/s1. The zero-order chi connectivity index (χ0) is 68.0. The van der Waals surface area contributed by atoms with Crippen LogP contribution in [0.15, 0.2) is 11.6 Å². The molecule has 0 radical (unpaired) electrons. The fraction of sp³-hybridized carbons (Fsp3) is 0.968. The van der Waals surface area contributed by atoms with Gasteiger partial charge in [-0.3, -0.25) is 4.18 Å². The maximum absolute atomic E-state index is 12.7. The SMILES string of the molecule is CC(C)CCC[C@@](C)(O)[C@H]1CC[C@H]2[C@@H]3C[C@H](O[C@@H]4O[C@H](C)[C@@H](O)[C@H](O[C@@H]5O[C@H](C)[C@@H](O[C@@H]6O[C@H](C)[C@@H](O[C@@H]7OC[C@H](O)[C@H](O)[C@H]7O)[C@H](O)[C@H]6O[C@@H]6O[C@H](C)[C@H](O)[C@H](O)[C@H]6O)[C@H](O)[C@H]5O[C@@H]5O[C@H](C)[C@@H](O)[C@H](O)[C@H]5O)[C@H]4O)[C@H]4C[C@@H](OS(=O)(=O)[O-])CC[C@]4(C)C3=CC[C@@]21C. The summed E-state index contributed by atoms with van der Waals surface area (Å²) >= 11 is 0. The van der Waals surface area contributed by atoms with Crippen LogP contribution in [0.3, 0.4) is 0 Å². The van der Waals surface area contributed by atoms with E-state index in [1.54, 1.807) is 0 Å². The number of allylic oxidation sites excluding steroid dienone is 2. The molecule has 14 N–H and O–H groups in total. The van der Waals surface area contributed by atoms with Crippen LogP contribution in [0.2, 0.25) is 0 Å². The second kappa shape index (κ2) is 28.9.